The maximum Gasteiger partial charge on any atom is 0.281 e. The molecule has 1 saturated heterocycles. The number of rotatable bonds is 6. The number of aromatic nitrogens is 2. The second-order valence-electron chi connectivity index (χ2n) is 7.18. The van der Waals surface area contributed by atoms with Gasteiger partial charge in [0.05, 0.1) is 5.69 Å². The molecule has 0 spiro atoms. The zero-order valence-corrected chi connectivity index (χ0v) is 16.7. The van der Waals surface area contributed by atoms with Crippen LogP contribution in [0.3, 0.4) is 0 Å². The molecule has 146 valence electrons. The molecule has 1 N–H and O–H groups in total. The highest BCUT2D eigenvalue weighted by Crippen LogP contribution is 2.24. The molecule has 1 aliphatic rings. The van der Waals surface area contributed by atoms with Crippen molar-refractivity contribution in [2.75, 3.05) is 39.0 Å². The molecule has 1 aromatic heterocycles. The third-order valence-electron chi connectivity index (χ3n) is 4.96. The lowest BCUT2D eigenvalue weighted by Gasteiger charge is -2.39. The molecule has 0 bridgehead atoms. The van der Waals surface area contributed by atoms with Gasteiger partial charge in [0.15, 0.2) is 0 Å². The molecule has 0 atom stereocenters. The van der Waals surface area contributed by atoms with Crippen molar-refractivity contribution in [1.29, 1.82) is 0 Å². The first-order valence-corrected chi connectivity index (χ1v) is 10.6. The Labute approximate surface area is 165 Å². The van der Waals surface area contributed by atoms with Crippen LogP contribution < -0.4 is 5.32 Å². The fourth-order valence-electron chi connectivity index (χ4n) is 3.26. The first kappa shape index (κ1) is 18.8. The van der Waals surface area contributed by atoms with Gasteiger partial charge >= 0.3 is 0 Å². The SMILES string of the molecule is CN(C)S(=O)(=O)N1CC(CNc2nccc(-c3ccc4ccccc4c3)n2)C1. The highest BCUT2D eigenvalue weighted by Gasteiger charge is 2.36. The van der Waals surface area contributed by atoms with Crippen LogP contribution in [-0.2, 0) is 10.2 Å². The van der Waals surface area contributed by atoms with Gasteiger partial charge in [0.25, 0.3) is 10.2 Å². The van der Waals surface area contributed by atoms with E-state index in [1.807, 2.05) is 18.2 Å². The fourth-order valence-corrected chi connectivity index (χ4v) is 4.52. The Bertz CT molecular complexity index is 1090. The second kappa shape index (κ2) is 7.46. The van der Waals surface area contributed by atoms with Gasteiger partial charge in [-0.15, -0.1) is 0 Å². The van der Waals surface area contributed by atoms with E-state index in [2.05, 4.69) is 45.6 Å². The highest BCUT2D eigenvalue weighted by molar-refractivity contribution is 7.86. The lowest BCUT2D eigenvalue weighted by atomic mass is 10.0. The molecule has 0 aliphatic carbocycles. The maximum absolute atomic E-state index is 12.0. The Kier molecular flexibility index (Phi) is 5.01. The molecule has 28 heavy (non-hydrogen) atoms. The van der Waals surface area contributed by atoms with Crippen LogP contribution in [0.5, 0.6) is 0 Å². The minimum Gasteiger partial charge on any atom is -0.354 e. The number of anilines is 1. The van der Waals surface area contributed by atoms with Crippen molar-refractivity contribution in [1.82, 2.24) is 18.6 Å². The second-order valence-corrected chi connectivity index (χ2v) is 9.32. The van der Waals surface area contributed by atoms with E-state index in [4.69, 9.17) is 0 Å². The summed E-state index contributed by atoms with van der Waals surface area (Å²) in [5.74, 6) is 0.808. The van der Waals surface area contributed by atoms with E-state index in [1.54, 1.807) is 20.3 Å². The lowest BCUT2D eigenvalue weighted by Crippen LogP contribution is -2.55. The first-order chi connectivity index (χ1) is 13.4. The lowest BCUT2D eigenvalue weighted by molar-refractivity contribution is 0.201. The van der Waals surface area contributed by atoms with Gasteiger partial charge in [0, 0.05) is 51.4 Å². The zero-order valence-electron chi connectivity index (χ0n) is 15.9. The van der Waals surface area contributed by atoms with E-state index >= 15 is 0 Å². The first-order valence-electron chi connectivity index (χ1n) is 9.17. The minimum absolute atomic E-state index is 0.252. The van der Waals surface area contributed by atoms with Crippen LogP contribution >= 0.6 is 0 Å². The summed E-state index contributed by atoms with van der Waals surface area (Å²) in [6.45, 7) is 1.66. The van der Waals surface area contributed by atoms with E-state index in [9.17, 15) is 8.42 Å². The van der Waals surface area contributed by atoms with Gasteiger partial charge in [-0.3, -0.25) is 0 Å². The fraction of sp³-hybridized carbons (Fsp3) is 0.300. The summed E-state index contributed by atoms with van der Waals surface area (Å²) in [4.78, 5) is 8.91. The molecule has 0 amide bonds. The van der Waals surface area contributed by atoms with Gasteiger partial charge in [-0.25, -0.2) is 9.97 Å². The van der Waals surface area contributed by atoms with Crippen molar-refractivity contribution in [3.8, 4) is 11.3 Å². The molecule has 2 aromatic carbocycles. The number of hydrogen-bond acceptors (Lipinski definition) is 5. The summed E-state index contributed by atoms with van der Waals surface area (Å²) in [6.07, 6.45) is 1.74. The zero-order chi connectivity index (χ0) is 19.7. The van der Waals surface area contributed by atoms with Crippen LogP contribution in [-0.4, -0.2) is 60.7 Å². The standard InChI is InChI=1S/C20H23N5O2S/c1-24(2)28(26,27)25-13-15(14-25)12-22-20-21-10-9-19(23-20)18-8-7-16-5-3-4-6-17(16)11-18/h3-11,15H,12-14H2,1-2H3,(H,21,22,23). The normalized spacial score (nSPS) is 15.7. The number of fused-ring (bicyclic) bond motifs is 1. The predicted molar refractivity (Wildman–Crippen MR) is 111 cm³/mol. The van der Waals surface area contributed by atoms with Crippen LogP contribution in [0.2, 0.25) is 0 Å². The average molecular weight is 398 g/mol. The predicted octanol–water partition coefficient (Wildman–Crippen LogP) is 2.45. The van der Waals surface area contributed by atoms with Crippen LogP contribution in [0.25, 0.3) is 22.0 Å². The van der Waals surface area contributed by atoms with Gasteiger partial charge in [-0.1, -0.05) is 36.4 Å². The summed E-state index contributed by atoms with van der Waals surface area (Å²) in [6, 6.07) is 16.4. The monoisotopic (exact) mass is 397 g/mol. The van der Waals surface area contributed by atoms with E-state index < -0.39 is 10.2 Å². The van der Waals surface area contributed by atoms with Crippen molar-refractivity contribution >= 4 is 26.9 Å². The van der Waals surface area contributed by atoms with Gasteiger partial charge in [0.1, 0.15) is 0 Å². The summed E-state index contributed by atoms with van der Waals surface area (Å²) >= 11 is 0. The Hall–Kier alpha value is -2.55. The molecule has 0 unspecified atom stereocenters. The van der Waals surface area contributed by atoms with E-state index in [0.29, 0.717) is 25.6 Å². The molecule has 0 saturated carbocycles. The summed E-state index contributed by atoms with van der Waals surface area (Å²) in [5.41, 5.74) is 1.89. The van der Waals surface area contributed by atoms with Crippen LogP contribution in [0.4, 0.5) is 5.95 Å². The van der Waals surface area contributed by atoms with Crippen LogP contribution in [0, 0.1) is 5.92 Å². The van der Waals surface area contributed by atoms with Crippen LogP contribution in [0.15, 0.2) is 54.7 Å². The smallest absolute Gasteiger partial charge is 0.281 e. The molecule has 4 rings (SSSR count). The Morgan fingerprint density at radius 1 is 1.11 bits per heavy atom. The molecule has 1 aliphatic heterocycles. The molecule has 0 radical (unpaired) electrons. The largest absolute Gasteiger partial charge is 0.354 e. The topological polar surface area (TPSA) is 78.4 Å². The van der Waals surface area contributed by atoms with Gasteiger partial charge in [0.2, 0.25) is 5.95 Å². The van der Waals surface area contributed by atoms with E-state index in [-0.39, 0.29) is 5.92 Å². The summed E-state index contributed by atoms with van der Waals surface area (Å²) < 4.78 is 26.8. The van der Waals surface area contributed by atoms with Crippen molar-refractivity contribution < 1.29 is 8.42 Å². The molecular formula is C20H23N5O2S. The number of benzene rings is 2. The van der Waals surface area contributed by atoms with Crippen LogP contribution in [0.1, 0.15) is 0 Å². The molecule has 8 heteroatoms. The minimum atomic E-state index is -3.31. The number of hydrogen-bond donors (Lipinski definition) is 1. The third-order valence-corrected chi connectivity index (χ3v) is 6.83. The van der Waals surface area contributed by atoms with Crippen molar-refractivity contribution in [2.24, 2.45) is 5.92 Å². The van der Waals surface area contributed by atoms with Crippen molar-refractivity contribution in [3.63, 3.8) is 0 Å². The summed E-state index contributed by atoms with van der Waals surface area (Å²) in [5, 5.41) is 5.60. The van der Waals surface area contributed by atoms with Gasteiger partial charge < -0.3 is 5.32 Å². The molecule has 2 heterocycles. The Morgan fingerprint density at radius 3 is 2.61 bits per heavy atom. The highest BCUT2D eigenvalue weighted by atomic mass is 32.2. The molecular weight excluding hydrogens is 374 g/mol. The van der Waals surface area contributed by atoms with E-state index in [1.165, 1.54) is 19.4 Å². The van der Waals surface area contributed by atoms with Gasteiger partial charge in [-0.05, 0) is 22.9 Å². The molecule has 3 aromatic rings. The third kappa shape index (κ3) is 3.71. The number of nitrogens with one attached hydrogen (secondary N) is 1. The number of nitrogens with zero attached hydrogens (tertiary/aromatic N) is 4. The quantitative estimate of drug-likeness (QED) is 0.691. The summed E-state index contributed by atoms with van der Waals surface area (Å²) in [7, 11) is -0.212. The van der Waals surface area contributed by atoms with Crippen molar-refractivity contribution in [3.05, 3.63) is 54.7 Å². The Balaban J connectivity index is 1.41. The molecule has 7 nitrogen and oxygen atoms in total. The van der Waals surface area contributed by atoms with E-state index in [0.717, 1.165) is 11.3 Å². The Morgan fingerprint density at radius 2 is 1.86 bits per heavy atom. The average Bonchev–Trinajstić information content (AvgIpc) is 2.66. The molecule has 1 fully saturated rings. The maximum atomic E-state index is 12.0. The van der Waals surface area contributed by atoms with Crippen molar-refractivity contribution in [2.45, 2.75) is 0 Å². The van der Waals surface area contributed by atoms with Gasteiger partial charge in [-0.2, -0.15) is 17.0 Å².